The lowest BCUT2D eigenvalue weighted by Crippen LogP contribution is -2.24. The lowest BCUT2D eigenvalue weighted by Gasteiger charge is -2.16. The van der Waals surface area contributed by atoms with Gasteiger partial charge < -0.3 is 30.4 Å². The van der Waals surface area contributed by atoms with Gasteiger partial charge in [0, 0.05) is 5.56 Å². The predicted molar refractivity (Wildman–Crippen MR) is 113 cm³/mol. The topological polar surface area (TPSA) is 152 Å². The van der Waals surface area contributed by atoms with Gasteiger partial charge in [0.05, 0.1) is 6.61 Å². The van der Waals surface area contributed by atoms with Gasteiger partial charge in [-0.25, -0.2) is 14.0 Å². The third-order valence-electron chi connectivity index (χ3n) is 4.51. The zero-order chi connectivity index (χ0) is 23.4. The SMILES string of the molecule is CCOc1cc(-c2c(C(=O)O)c(N)[nH]c(=O)c2C(=O)O)ccc1OCc1ccc(F)cc1. The van der Waals surface area contributed by atoms with Gasteiger partial charge in [-0.1, -0.05) is 18.2 Å². The maximum absolute atomic E-state index is 13.1. The zero-order valence-electron chi connectivity index (χ0n) is 16.8. The number of H-pyrrole nitrogens is 1. The Morgan fingerprint density at radius 2 is 1.66 bits per heavy atom. The Morgan fingerprint density at radius 1 is 1.00 bits per heavy atom. The highest BCUT2D eigenvalue weighted by Crippen LogP contribution is 2.36. The summed E-state index contributed by atoms with van der Waals surface area (Å²) in [6.07, 6.45) is 0. The van der Waals surface area contributed by atoms with Crippen LogP contribution >= 0.6 is 0 Å². The number of aromatic carboxylic acids is 2. The number of carboxylic acid groups (broad SMARTS) is 2. The van der Waals surface area contributed by atoms with Gasteiger partial charge in [-0.05, 0) is 42.3 Å². The van der Waals surface area contributed by atoms with Crippen LogP contribution in [0.25, 0.3) is 11.1 Å². The maximum Gasteiger partial charge on any atom is 0.342 e. The first-order chi connectivity index (χ1) is 15.2. The van der Waals surface area contributed by atoms with E-state index in [1.54, 1.807) is 19.1 Å². The molecular weight excluding hydrogens is 423 g/mol. The van der Waals surface area contributed by atoms with Crippen LogP contribution in [0.5, 0.6) is 11.5 Å². The Morgan fingerprint density at radius 3 is 2.25 bits per heavy atom. The fraction of sp³-hybridized carbons (Fsp3) is 0.136. The molecule has 0 bridgehead atoms. The van der Waals surface area contributed by atoms with E-state index in [9.17, 15) is 29.0 Å². The molecule has 0 aliphatic carbocycles. The molecule has 0 aliphatic heterocycles. The van der Waals surface area contributed by atoms with Gasteiger partial charge in [0.25, 0.3) is 5.56 Å². The van der Waals surface area contributed by atoms with Crippen LogP contribution in [0.4, 0.5) is 10.2 Å². The van der Waals surface area contributed by atoms with E-state index in [-0.39, 0.29) is 41.7 Å². The fourth-order valence-corrected chi connectivity index (χ4v) is 3.13. The summed E-state index contributed by atoms with van der Waals surface area (Å²) in [6.45, 7) is 2.04. The molecule has 3 rings (SSSR count). The van der Waals surface area contributed by atoms with Crippen molar-refractivity contribution in [2.45, 2.75) is 13.5 Å². The summed E-state index contributed by atoms with van der Waals surface area (Å²) in [5.41, 5.74) is 3.75. The smallest absolute Gasteiger partial charge is 0.342 e. The Hall–Kier alpha value is -4.34. The van der Waals surface area contributed by atoms with E-state index in [4.69, 9.17) is 15.2 Å². The first-order valence-corrected chi connectivity index (χ1v) is 9.39. The van der Waals surface area contributed by atoms with E-state index < -0.39 is 34.4 Å². The van der Waals surface area contributed by atoms with Crippen LogP contribution in [0.15, 0.2) is 47.3 Å². The summed E-state index contributed by atoms with van der Waals surface area (Å²) in [5.74, 6) is -3.50. The Labute approximate surface area is 180 Å². The quantitative estimate of drug-likeness (QED) is 0.415. The number of ether oxygens (including phenoxy) is 2. The maximum atomic E-state index is 13.1. The predicted octanol–water partition coefficient (Wildman–Crippen LogP) is 3.14. The molecule has 0 saturated carbocycles. The Balaban J connectivity index is 2.10. The number of nitrogens with one attached hydrogen (secondary N) is 1. The third-order valence-corrected chi connectivity index (χ3v) is 4.51. The van der Waals surface area contributed by atoms with Crippen molar-refractivity contribution >= 4 is 17.8 Å². The van der Waals surface area contributed by atoms with Crippen molar-refractivity contribution in [3.8, 4) is 22.6 Å². The molecule has 10 heteroatoms. The molecule has 0 spiro atoms. The lowest BCUT2D eigenvalue weighted by atomic mass is 9.95. The number of carbonyl (C=O) groups is 2. The molecule has 0 amide bonds. The van der Waals surface area contributed by atoms with Gasteiger partial charge in [0.1, 0.15) is 29.4 Å². The number of anilines is 1. The van der Waals surface area contributed by atoms with Crippen LogP contribution in [0.3, 0.4) is 0 Å². The molecule has 1 heterocycles. The molecule has 9 nitrogen and oxygen atoms in total. The molecule has 2 aromatic carbocycles. The second-order valence-corrected chi connectivity index (χ2v) is 6.61. The van der Waals surface area contributed by atoms with Crippen molar-refractivity contribution in [1.29, 1.82) is 0 Å². The molecule has 0 radical (unpaired) electrons. The normalized spacial score (nSPS) is 10.6. The van der Waals surface area contributed by atoms with Gasteiger partial charge in [-0.2, -0.15) is 0 Å². The highest BCUT2D eigenvalue weighted by molar-refractivity contribution is 6.07. The van der Waals surface area contributed by atoms with Gasteiger partial charge >= 0.3 is 11.9 Å². The number of pyridine rings is 1. The van der Waals surface area contributed by atoms with Gasteiger partial charge in [0.15, 0.2) is 11.5 Å². The van der Waals surface area contributed by atoms with Crippen LogP contribution in [0.1, 0.15) is 33.2 Å². The Bertz CT molecular complexity index is 1240. The van der Waals surface area contributed by atoms with Gasteiger partial charge in [-0.15, -0.1) is 0 Å². The van der Waals surface area contributed by atoms with Gasteiger partial charge in [-0.3, -0.25) is 4.79 Å². The van der Waals surface area contributed by atoms with E-state index >= 15 is 0 Å². The minimum Gasteiger partial charge on any atom is -0.490 e. The summed E-state index contributed by atoms with van der Waals surface area (Å²) < 4.78 is 24.4. The first kappa shape index (κ1) is 22.3. The zero-order valence-corrected chi connectivity index (χ0v) is 16.8. The number of hydrogen-bond donors (Lipinski definition) is 4. The van der Waals surface area contributed by atoms with E-state index in [0.29, 0.717) is 5.56 Å². The Kier molecular flexibility index (Phi) is 6.43. The molecule has 0 fully saturated rings. The lowest BCUT2D eigenvalue weighted by molar-refractivity contribution is 0.0695. The van der Waals surface area contributed by atoms with Gasteiger partial charge in [0.2, 0.25) is 0 Å². The molecular formula is C22H19FN2O7. The molecule has 1 aromatic heterocycles. The second-order valence-electron chi connectivity index (χ2n) is 6.61. The van der Waals surface area contributed by atoms with Crippen LogP contribution in [-0.2, 0) is 6.61 Å². The number of rotatable bonds is 8. The summed E-state index contributed by atoms with van der Waals surface area (Å²) in [5, 5.41) is 19.1. The summed E-state index contributed by atoms with van der Waals surface area (Å²) in [4.78, 5) is 37.8. The van der Waals surface area contributed by atoms with Crippen molar-refractivity contribution < 1.29 is 33.7 Å². The minimum absolute atomic E-state index is 0.0928. The van der Waals surface area contributed by atoms with E-state index in [1.165, 1.54) is 30.3 Å². The average molecular weight is 442 g/mol. The van der Waals surface area contributed by atoms with Crippen LogP contribution in [0, 0.1) is 5.82 Å². The number of halogens is 1. The molecule has 3 aromatic rings. The fourth-order valence-electron chi connectivity index (χ4n) is 3.13. The number of nitrogens with two attached hydrogens (primary N) is 1. The number of aromatic nitrogens is 1. The third kappa shape index (κ3) is 4.53. The van der Waals surface area contributed by atoms with Crippen LogP contribution in [-0.4, -0.2) is 33.7 Å². The number of aromatic amines is 1. The molecule has 166 valence electrons. The molecule has 0 atom stereocenters. The van der Waals surface area contributed by atoms with Crippen molar-refractivity contribution in [1.82, 2.24) is 4.98 Å². The first-order valence-electron chi connectivity index (χ1n) is 9.39. The summed E-state index contributed by atoms with van der Waals surface area (Å²) in [6, 6.07) is 9.93. The van der Waals surface area contributed by atoms with Crippen molar-refractivity contribution in [3.63, 3.8) is 0 Å². The largest absolute Gasteiger partial charge is 0.490 e. The number of carboxylic acids is 2. The number of hydrogen-bond acceptors (Lipinski definition) is 6. The van der Waals surface area contributed by atoms with Crippen LogP contribution < -0.4 is 20.8 Å². The molecule has 0 unspecified atom stereocenters. The van der Waals surface area contributed by atoms with Crippen molar-refractivity contribution in [2.75, 3.05) is 12.3 Å². The van der Waals surface area contributed by atoms with Crippen molar-refractivity contribution in [2.24, 2.45) is 0 Å². The summed E-state index contributed by atoms with van der Waals surface area (Å²) in [7, 11) is 0. The minimum atomic E-state index is -1.61. The highest BCUT2D eigenvalue weighted by atomic mass is 19.1. The second kappa shape index (κ2) is 9.21. The standard InChI is InChI=1S/C22H19FN2O7/c1-2-31-15-9-12(5-8-14(15)32-10-11-3-6-13(23)7-4-11)16-17(21(27)28)19(24)25-20(26)18(16)22(29)30/h3-9H,2,10H2,1H3,(H,27,28)(H,29,30)(H3,24,25,26). The van der Waals surface area contributed by atoms with Crippen LogP contribution in [0.2, 0.25) is 0 Å². The van der Waals surface area contributed by atoms with E-state index in [2.05, 4.69) is 4.98 Å². The van der Waals surface area contributed by atoms with Crippen molar-refractivity contribution in [3.05, 3.63) is 75.3 Å². The number of nitrogen functional groups attached to an aromatic ring is 1. The monoisotopic (exact) mass is 442 g/mol. The highest BCUT2D eigenvalue weighted by Gasteiger charge is 2.27. The summed E-state index contributed by atoms with van der Waals surface area (Å²) >= 11 is 0. The van der Waals surface area contributed by atoms with E-state index in [1.807, 2.05) is 0 Å². The van der Waals surface area contributed by atoms with E-state index in [0.717, 1.165) is 0 Å². The molecule has 32 heavy (non-hydrogen) atoms. The molecule has 0 saturated heterocycles. The average Bonchev–Trinajstić information content (AvgIpc) is 2.73. The molecule has 0 aliphatic rings. The number of benzene rings is 2. The molecule has 5 N–H and O–H groups in total.